The number of oxime groups is 1. The van der Waals surface area contributed by atoms with Crippen molar-refractivity contribution in [3.8, 4) is 0 Å². The molecule has 220 valence electrons. The second kappa shape index (κ2) is 12.4. The van der Waals surface area contributed by atoms with Gasteiger partial charge in [0.1, 0.15) is 42.0 Å². The number of anilines is 1. The molecular weight excluding hydrogens is 607 g/mol. The highest BCUT2D eigenvalue weighted by Gasteiger charge is 2.53. The van der Waals surface area contributed by atoms with Crippen molar-refractivity contribution in [2.24, 2.45) is 5.16 Å². The number of rotatable bonds is 11. The summed E-state index contributed by atoms with van der Waals surface area (Å²) in [6.07, 6.45) is 3.52. The molecule has 15 nitrogen and oxygen atoms in total. The zero-order valence-electron chi connectivity index (χ0n) is 22.3. The Morgan fingerprint density at radius 3 is 2.86 bits per heavy atom. The highest BCUT2D eigenvalue weighted by molar-refractivity contribution is 8.00. The van der Waals surface area contributed by atoms with Crippen molar-refractivity contribution < 1.29 is 33.7 Å². The quantitative estimate of drug-likeness (QED) is 0.0547. The SMILES string of the molecule is CO/N=C(\C(=O)N[C@@H]1C(=O)N2C(C(=O)[O-])=C(C[n+]3ccn4nc(SCCNC(C)=O)ccc43)CS[C@H]12)c1csc(N)n1. The van der Waals surface area contributed by atoms with Crippen LogP contribution in [0.3, 0.4) is 0 Å². The van der Waals surface area contributed by atoms with Gasteiger partial charge in [-0.05, 0) is 6.07 Å². The Bertz CT molecular complexity index is 1630. The van der Waals surface area contributed by atoms with E-state index in [0.717, 1.165) is 21.3 Å². The van der Waals surface area contributed by atoms with E-state index >= 15 is 0 Å². The summed E-state index contributed by atoms with van der Waals surface area (Å²) in [5, 5.41) is 27.8. The number of nitrogens with zero attached hydrogens (tertiary/aromatic N) is 6. The number of aromatic nitrogens is 4. The fraction of sp³-hybridized carbons (Fsp3) is 0.333. The number of thioether (sulfide) groups is 2. The van der Waals surface area contributed by atoms with Gasteiger partial charge in [-0.3, -0.25) is 19.3 Å². The van der Waals surface area contributed by atoms with E-state index < -0.39 is 29.2 Å². The molecule has 18 heteroatoms. The number of hydrogen-bond acceptors (Lipinski definition) is 13. The highest BCUT2D eigenvalue weighted by Crippen LogP contribution is 2.40. The lowest BCUT2D eigenvalue weighted by atomic mass is 10.0. The van der Waals surface area contributed by atoms with E-state index in [2.05, 4.69) is 25.9 Å². The number of nitrogens with one attached hydrogen (secondary N) is 2. The summed E-state index contributed by atoms with van der Waals surface area (Å²) in [6, 6.07) is 2.73. The van der Waals surface area contributed by atoms with Gasteiger partial charge in [0.2, 0.25) is 5.91 Å². The highest BCUT2D eigenvalue weighted by atomic mass is 32.2. The first-order chi connectivity index (χ1) is 20.2. The van der Waals surface area contributed by atoms with Crippen LogP contribution >= 0.6 is 34.9 Å². The van der Waals surface area contributed by atoms with Gasteiger partial charge in [0, 0.05) is 42.0 Å². The van der Waals surface area contributed by atoms with E-state index in [1.807, 2.05) is 16.7 Å². The third-order valence-electron chi connectivity index (χ3n) is 6.27. The molecule has 1 fully saturated rings. The fourth-order valence-corrected chi connectivity index (χ4v) is 7.07. The maximum absolute atomic E-state index is 13.1. The number of carbonyl (C=O) groups excluding carboxylic acids is 4. The number of nitrogens with two attached hydrogens (primary N) is 1. The lowest BCUT2D eigenvalue weighted by Gasteiger charge is -2.50. The number of fused-ring (bicyclic) bond motifs is 2. The van der Waals surface area contributed by atoms with Gasteiger partial charge in [0.05, 0.1) is 11.7 Å². The van der Waals surface area contributed by atoms with Gasteiger partial charge in [-0.1, -0.05) is 10.3 Å². The second-order valence-corrected chi connectivity index (χ2v) is 12.1. The average molecular weight is 632 g/mol. The number of hydrogen-bond donors (Lipinski definition) is 3. The largest absolute Gasteiger partial charge is 0.543 e. The number of carboxylic acid groups (broad SMARTS) is 1. The van der Waals surface area contributed by atoms with Crippen molar-refractivity contribution in [1.29, 1.82) is 0 Å². The van der Waals surface area contributed by atoms with Crippen LogP contribution in [-0.4, -0.2) is 85.5 Å². The molecule has 42 heavy (non-hydrogen) atoms. The molecule has 5 rings (SSSR count). The first-order valence-corrected chi connectivity index (χ1v) is 15.4. The van der Waals surface area contributed by atoms with Gasteiger partial charge < -0.3 is 31.1 Å². The van der Waals surface area contributed by atoms with Crippen LogP contribution in [0.2, 0.25) is 0 Å². The van der Waals surface area contributed by atoms with Crippen molar-refractivity contribution in [3.63, 3.8) is 0 Å². The van der Waals surface area contributed by atoms with E-state index in [4.69, 9.17) is 10.6 Å². The average Bonchev–Trinajstić information content (AvgIpc) is 3.57. The van der Waals surface area contributed by atoms with Crippen LogP contribution in [0, 0.1) is 0 Å². The number of carbonyl (C=O) groups is 4. The summed E-state index contributed by atoms with van der Waals surface area (Å²) in [5.41, 5.74) is 6.69. The van der Waals surface area contributed by atoms with Crippen LogP contribution in [0.1, 0.15) is 12.6 Å². The molecule has 0 saturated carbocycles. The molecule has 3 aromatic heterocycles. The number of thiazole rings is 1. The smallest absolute Gasteiger partial charge is 0.307 e. The lowest BCUT2D eigenvalue weighted by molar-refractivity contribution is -0.662. The molecule has 0 aromatic carbocycles. The Balaban J connectivity index is 1.30. The van der Waals surface area contributed by atoms with Gasteiger partial charge >= 0.3 is 5.65 Å². The maximum Gasteiger partial charge on any atom is 0.307 e. The van der Waals surface area contributed by atoms with Crippen LogP contribution in [0.5, 0.6) is 0 Å². The van der Waals surface area contributed by atoms with Gasteiger partial charge in [-0.2, -0.15) is 0 Å². The Kier molecular flexibility index (Phi) is 8.64. The van der Waals surface area contributed by atoms with Gasteiger partial charge in [-0.15, -0.1) is 39.4 Å². The molecule has 0 bridgehead atoms. The number of aliphatic carboxylic acids is 1. The van der Waals surface area contributed by atoms with Crippen molar-refractivity contribution >= 4 is 75.0 Å². The van der Waals surface area contributed by atoms with E-state index in [1.54, 1.807) is 16.9 Å². The van der Waals surface area contributed by atoms with Crippen LogP contribution in [0.25, 0.3) is 5.65 Å². The van der Waals surface area contributed by atoms with E-state index in [-0.39, 0.29) is 34.7 Å². The minimum atomic E-state index is -1.48. The first kappa shape index (κ1) is 29.3. The standard InChI is InChI=1S/C24H25N9O6S3/c1-12(34)26-5-8-40-15-3-4-16-31(6-7-32(16)29-15)9-13-10-41-22-18(21(36)33(22)19(13)23(37)38)28-20(35)17(30-39-2)14-11-42-24(25)27-14/h3-4,6-7,11,18,22H,5,8-10H2,1-2H3,(H4-,25,26,27,28,34,35,37,38)/b30-17-/t18-,22-/m1/s1. The molecule has 3 amide bonds. The van der Waals surface area contributed by atoms with Gasteiger partial charge in [0.15, 0.2) is 17.0 Å². The summed E-state index contributed by atoms with van der Waals surface area (Å²) in [5.74, 6) is -1.91. The Morgan fingerprint density at radius 2 is 2.17 bits per heavy atom. The first-order valence-electron chi connectivity index (χ1n) is 12.4. The molecule has 4 N–H and O–H groups in total. The summed E-state index contributed by atoms with van der Waals surface area (Å²) >= 11 is 3.94. The zero-order chi connectivity index (χ0) is 30.0. The third kappa shape index (κ3) is 5.90. The Hall–Kier alpha value is -4.16. The molecule has 2 aliphatic rings. The monoisotopic (exact) mass is 631 g/mol. The van der Waals surface area contributed by atoms with E-state index in [1.165, 1.54) is 42.9 Å². The third-order valence-corrected chi connectivity index (χ3v) is 9.21. The van der Waals surface area contributed by atoms with Crippen molar-refractivity contribution in [2.45, 2.75) is 29.9 Å². The molecule has 0 radical (unpaired) electrons. The van der Waals surface area contributed by atoms with E-state index in [9.17, 15) is 24.3 Å². The predicted octanol–water partition coefficient (Wildman–Crippen LogP) is -1.66. The molecule has 1 saturated heterocycles. The summed E-state index contributed by atoms with van der Waals surface area (Å²) in [6.45, 7) is 2.17. The molecule has 2 aliphatic heterocycles. The number of imidazole rings is 1. The zero-order valence-corrected chi connectivity index (χ0v) is 24.8. The number of nitrogen functional groups attached to an aromatic ring is 1. The lowest BCUT2D eigenvalue weighted by Crippen LogP contribution is -2.71. The molecule has 0 aliphatic carbocycles. The van der Waals surface area contributed by atoms with Crippen molar-refractivity contribution in [2.75, 3.05) is 30.9 Å². The number of β-lactam (4-membered cyclic amide) rings is 1. The summed E-state index contributed by atoms with van der Waals surface area (Å²) in [4.78, 5) is 59.3. The maximum atomic E-state index is 13.1. The summed E-state index contributed by atoms with van der Waals surface area (Å²) in [7, 11) is 1.27. The van der Waals surface area contributed by atoms with Crippen LogP contribution in [-0.2, 0) is 30.6 Å². The Morgan fingerprint density at radius 1 is 1.36 bits per heavy atom. The molecular formula is C24H25N9O6S3. The van der Waals surface area contributed by atoms with Gasteiger partial charge in [-0.25, -0.2) is 9.55 Å². The van der Waals surface area contributed by atoms with Crippen molar-refractivity contribution in [3.05, 3.63) is 46.9 Å². The Labute approximate surface area is 251 Å². The minimum absolute atomic E-state index is 0.0913. The van der Waals surface area contributed by atoms with E-state index in [0.29, 0.717) is 29.3 Å². The summed E-state index contributed by atoms with van der Waals surface area (Å²) < 4.78 is 3.50. The van der Waals surface area contributed by atoms with Crippen LogP contribution < -0.4 is 26.0 Å². The predicted molar refractivity (Wildman–Crippen MR) is 152 cm³/mol. The number of carboxylic acids is 1. The van der Waals surface area contributed by atoms with Crippen LogP contribution in [0.4, 0.5) is 5.13 Å². The topological polar surface area (TPSA) is 200 Å². The molecule has 5 heterocycles. The number of amides is 3. The molecule has 3 aromatic rings. The fourth-order valence-electron chi connectivity index (χ4n) is 4.46. The van der Waals surface area contributed by atoms with Crippen LogP contribution in [0.15, 0.2) is 51.4 Å². The molecule has 0 spiro atoms. The minimum Gasteiger partial charge on any atom is -0.543 e. The second-order valence-electron chi connectivity index (χ2n) is 9.03. The normalized spacial score (nSPS) is 18.5. The van der Waals surface area contributed by atoms with Gasteiger partial charge in [0.25, 0.3) is 11.8 Å². The van der Waals surface area contributed by atoms with Crippen molar-refractivity contribution in [1.82, 2.24) is 30.1 Å². The molecule has 0 unspecified atom stereocenters. The molecule has 2 atom stereocenters.